The van der Waals surface area contributed by atoms with Crippen molar-refractivity contribution >= 4 is 0 Å². The third-order valence-corrected chi connectivity index (χ3v) is 2.57. The summed E-state index contributed by atoms with van der Waals surface area (Å²) in [5, 5.41) is 3.06. The van der Waals surface area contributed by atoms with Crippen LogP contribution in [0, 0.1) is 11.8 Å². The first kappa shape index (κ1) is 6.58. The van der Waals surface area contributed by atoms with E-state index in [4.69, 9.17) is 10.5 Å². The number of nitrogens with one attached hydrogen (secondary N) is 1. The maximum absolute atomic E-state index is 5.97. The highest BCUT2D eigenvalue weighted by atomic mass is 16.5. The standard InChI is InChI=1S/C7H14N2O/c1-9-4-7(8)6-2-5(6)3-10-7/h5-6,9H,2-4,8H2,1H3. The van der Waals surface area contributed by atoms with Gasteiger partial charge < -0.3 is 15.8 Å². The van der Waals surface area contributed by atoms with Crippen LogP contribution in [0.4, 0.5) is 0 Å². The predicted molar refractivity (Wildman–Crippen MR) is 38.4 cm³/mol. The Morgan fingerprint density at radius 3 is 3.00 bits per heavy atom. The van der Waals surface area contributed by atoms with Crippen molar-refractivity contribution in [2.75, 3.05) is 20.2 Å². The van der Waals surface area contributed by atoms with Crippen LogP contribution in [-0.2, 0) is 4.74 Å². The van der Waals surface area contributed by atoms with Gasteiger partial charge in [-0.15, -0.1) is 0 Å². The van der Waals surface area contributed by atoms with Gasteiger partial charge in [-0.3, -0.25) is 0 Å². The average Bonchev–Trinajstić information content (AvgIpc) is 2.58. The van der Waals surface area contributed by atoms with Crippen molar-refractivity contribution in [3.05, 3.63) is 0 Å². The zero-order valence-corrected chi connectivity index (χ0v) is 6.26. The average molecular weight is 142 g/mol. The van der Waals surface area contributed by atoms with E-state index >= 15 is 0 Å². The fraction of sp³-hybridized carbons (Fsp3) is 1.00. The first-order valence-electron chi connectivity index (χ1n) is 3.84. The molecule has 2 rings (SSSR count). The van der Waals surface area contributed by atoms with Gasteiger partial charge in [-0.05, 0) is 19.4 Å². The molecule has 3 heteroatoms. The molecule has 0 amide bonds. The van der Waals surface area contributed by atoms with E-state index in [-0.39, 0.29) is 5.72 Å². The summed E-state index contributed by atoms with van der Waals surface area (Å²) < 4.78 is 5.46. The minimum absolute atomic E-state index is 0.334. The van der Waals surface area contributed by atoms with Crippen LogP contribution in [0.15, 0.2) is 0 Å². The van der Waals surface area contributed by atoms with Gasteiger partial charge in [-0.1, -0.05) is 0 Å². The van der Waals surface area contributed by atoms with Crippen LogP contribution in [0.5, 0.6) is 0 Å². The summed E-state index contributed by atoms with van der Waals surface area (Å²) in [5.41, 5.74) is 5.64. The van der Waals surface area contributed by atoms with Crippen molar-refractivity contribution in [1.82, 2.24) is 5.32 Å². The molecule has 3 atom stereocenters. The summed E-state index contributed by atoms with van der Waals surface area (Å²) in [6, 6.07) is 0. The van der Waals surface area contributed by atoms with E-state index in [0.29, 0.717) is 5.92 Å². The molecule has 1 aliphatic carbocycles. The second-order valence-corrected chi connectivity index (χ2v) is 3.40. The van der Waals surface area contributed by atoms with Gasteiger partial charge in [0.05, 0.1) is 6.61 Å². The Hall–Kier alpha value is -0.120. The van der Waals surface area contributed by atoms with Crippen molar-refractivity contribution in [2.24, 2.45) is 17.6 Å². The Morgan fingerprint density at radius 1 is 1.80 bits per heavy atom. The zero-order valence-electron chi connectivity index (χ0n) is 6.26. The highest BCUT2D eigenvalue weighted by molar-refractivity contribution is 5.04. The molecule has 3 unspecified atom stereocenters. The van der Waals surface area contributed by atoms with E-state index in [1.54, 1.807) is 0 Å². The van der Waals surface area contributed by atoms with Gasteiger partial charge in [0.1, 0.15) is 5.72 Å². The number of likely N-dealkylation sites (N-methyl/N-ethyl adjacent to an activating group) is 1. The number of ether oxygens (including phenoxy) is 1. The van der Waals surface area contributed by atoms with E-state index in [2.05, 4.69) is 5.32 Å². The van der Waals surface area contributed by atoms with Crippen molar-refractivity contribution in [2.45, 2.75) is 12.1 Å². The van der Waals surface area contributed by atoms with Crippen LogP contribution >= 0.6 is 0 Å². The fourth-order valence-electron chi connectivity index (χ4n) is 1.86. The summed E-state index contributed by atoms with van der Waals surface area (Å²) >= 11 is 0. The van der Waals surface area contributed by atoms with Crippen LogP contribution in [0.25, 0.3) is 0 Å². The molecule has 3 N–H and O–H groups in total. The maximum atomic E-state index is 5.97. The third kappa shape index (κ3) is 0.779. The van der Waals surface area contributed by atoms with Gasteiger partial charge in [0, 0.05) is 12.5 Å². The number of hydrogen-bond acceptors (Lipinski definition) is 3. The minimum Gasteiger partial charge on any atom is -0.359 e. The largest absolute Gasteiger partial charge is 0.359 e. The van der Waals surface area contributed by atoms with E-state index < -0.39 is 0 Å². The number of nitrogens with two attached hydrogens (primary N) is 1. The molecule has 0 aromatic heterocycles. The molecule has 0 radical (unpaired) electrons. The Bertz CT molecular complexity index is 151. The first-order chi connectivity index (χ1) is 4.76. The van der Waals surface area contributed by atoms with Crippen molar-refractivity contribution < 1.29 is 4.74 Å². The summed E-state index contributed by atoms with van der Waals surface area (Å²) in [7, 11) is 1.91. The Labute approximate surface area is 60.9 Å². The molecule has 3 nitrogen and oxygen atoms in total. The van der Waals surface area contributed by atoms with Gasteiger partial charge in [0.15, 0.2) is 0 Å². The van der Waals surface area contributed by atoms with Crippen LogP contribution in [-0.4, -0.2) is 25.9 Å². The second kappa shape index (κ2) is 1.94. The molecule has 58 valence electrons. The molecule has 0 spiro atoms. The summed E-state index contributed by atoms with van der Waals surface area (Å²) in [4.78, 5) is 0. The van der Waals surface area contributed by atoms with Gasteiger partial charge in [-0.25, -0.2) is 0 Å². The van der Waals surface area contributed by atoms with Crippen LogP contribution in [0.2, 0.25) is 0 Å². The molecule has 10 heavy (non-hydrogen) atoms. The number of fused-ring (bicyclic) bond motifs is 1. The van der Waals surface area contributed by atoms with Gasteiger partial charge >= 0.3 is 0 Å². The normalized spacial score (nSPS) is 51.0. The molecular formula is C7H14N2O. The van der Waals surface area contributed by atoms with E-state index in [9.17, 15) is 0 Å². The molecule has 1 saturated heterocycles. The minimum atomic E-state index is -0.334. The lowest BCUT2D eigenvalue weighted by Gasteiger charge is -2.25. The summed E-state index contributed by atoms with van der Waals surface area (Å²) in [6.07, 6.45) is 1.28. The van der Waals surface area contributed by atoms with Crippen molar-refractivity contribution in [1.29, 1.82) is 0 Å². The molecule has 1 heterocycles. The number of hydrogen-bond donors (Lipinski definition) is 2. The summed E-state index contributed by atoms with van der Waals surface area (Å²) in [6.45, 7) is 1.66. The van der Waals surface area contributed by atoms with Crippen LogP contribution in [0.3, 0.4) is 0 Å². The van der Waals surface area contributed by atoms with Gasteiger partial charge in [0.2, 0.25) is 0 Å². The van der Waals surface area contributed by atoms with Gasteiger partial charge in [0.25, 0.3) is 0 Å². The fourth-order valence-corrected chi connectivity index (χ4v) is 1.86. The monoisotopic (exact) mass is 142 g/mol. The zero-order chi connectivity index (χ0) is 7.19. The molecule has 0 aromatic carbocycles. The molecule has 2 fully saturated rings. The molecule has 0 aromatic rings. The Balaban J connectivity index is 2.00. The van der Waals surface area contributed by atoms with Crippen LogP contribution in [0.1, 0.15) is 6.42 Å². The van der Waals surface area contributed by atoms with E-state index in [1.165, 1.54) is 6.42 Å². The predicted octanol–water partition coefficient (Wildman–Crippen LogP) is -0.473. The quantitative estimate of drug-likeness (QED) is 0.548. The lowest BCUT2D eigenvalue weighted by Crippen LogP contribution is -2.50. The number of rotatable bonds is 2. The lowest BCUT2D eigenvalue weighted by molar-refractivity contribution is -0.0172. The van der Waals surface area contributed by atoms with E-state index in [0.717, 1.165) is 19.1 Å². The highest BCUT2D eigenvalue weighted by Crippen LogP contribution is 2.51. The van der Waals surface area contributed by atoms with Crippen molar-refractivity contribution in [3.63, 3.8) is 0 Å². The molecule has 0 bridgehead atoms. The maximum Gasteiger partial charge on any atom is 0.132 e. The van der Waals surface area contributed by atoms with Crippen LogP contribution < -0.4 is 11.1 Å². The highest BCUT2D eigenvalue weighted by Gasteiger charge is 2.57. The smallest absolute Gasteiger partial charge is 0.132 e. The first-order valence-corrected chi connectivity index (χ1v) is 3.84. The topological polar surface area (TPSA) is 47.3 Å². The summed E-state index contributed by atoms with van der Waals surface area (Å²) in [5.74, 6) is 1.42. The van der Waals surface area contributed by atoms with Crippen molar-refractivity contribution in [3.8, 4) is 0 Å². The lowest BCUT2D eigenvalue weighted by atomic mass is 10.1. The molecule has 1 aliphatic heterocycles. The molecule has 2 aliphatic rings. The van der Waals surface area contributed by atoms with E-state index in [1.807, 2.05) is 7.05 Å². The molecule has 1 saturated carbocycles. The van der Waals surface area contributed by atoms with Gasteiger partial charge in [-0.2, -0.15) is 0 Å². The Morgan fingerprint density at radius 2 is 2.60 bits per heavy atom. The third-order valence-electron chi connectivity index (χ3n) is 2.57. The Kier molecular flexibility index (Phi) is 1.27. The SMILES string of the molecule is CNCC1(N)OCC2CC21. The molecular weight excluding hydrogens is 128 g/mol. The second-order valence-electron chi connectivity index (χ2n) is 3.40.